The maximum absolute atomic E-state index is 4.14. The maximum atomic E-state index is 4.14. The first-order valence-electron chi connectivity index (χ1n) is 5.20. The van der Waals surface area contributed by atoms with Gasteiger partial charge >= 0.3 is 0 Å². The molecule has 0 N–H and O–H groups in total. The van der Waals surface area contributed by atoms with E-state index in [1.807, 2.05) is 63.5 Å². The maximum Gasteiger partial charge on any atom is 0.125 e. The highest BCUT2D eigenvalue weighted by molar-refractivity contribution is 5.60. The average Bonchev–Trinajstić information content (AvgIpc) is 2.34. The van der Waals surface area contributed by atoms with E-state index < -0.39 is 0 Å². The van der Waals surface area contributed by atoms with Gasteiger partial charge in [-0.25, -0.2) is 9.97 Å². The number of benzene rings is 1. The fourth-order valence-corrected chi connectivity index (χ4v) is 1.17. The molecule has 0 atom stereocenters. The molecule has 0 bridgehead atoms. The van der Waals surface area contributed by atoms with Gasteiger partial charge in [0, 0.05) is 18.0 Å². The van der Waals surface area contributed by atoms with E-state index in [1.54, 1.807) is 0 Å². The summed E-state index contributed by atoms with van der Waals surface area (Å²) in [5.74, 6) is 0.805. The molecule has 15 heavy (non-hydrogen) atoms. The van der Waals surface area contributed by atoms with Gasteiger partial charge in [0.2, 0.25) is 0 Å². The Morgan fingerprint density at radius 1 is 0.800 bits per heavy atom. The molecule has 0 saturated carbocycles. The zero-order valence-electron chi connectivity index (χ0n) is 9.44. The van der Waals surface area contributed by atoms with Gasteiger partial charge in [0.1, 0.15) is 5.82 Å². The number of nitrogens with zero attached hydrogens (tertiary/aromatic N) is 2. The van der Waals surface area contributed by atoms with E-state index >= 15 is 0 Å². The molecule has 1 aromatic heterocycles. The van der Waals surface area contributed by atoms with Crippen LogP contribution in [0.5, 0.6) is 0 Å². The van der Waals surface area contributed by atoms with Gasteiger partial charge in [-0.05, 0) is 12.5 Å². The minimum absolute atomic E-state index is 0.805. The van der Waals surface area contributed by atoms with Crippen LogP contribution in [0.3, 0.4) is 0 Å². The lowest BCUT2D eigenvalue weighted by Crippen LogP contribution is -1.86. The van der Waals surface area contributed by atoms with Crippen LogP contribution in [-0.4, -0.2) is 9.97 Å². The number of hydrogen-bond donors (Lipinski definition) is 0. The fourth-order valence-electron chi connectivity index (χ4n) is 1.17. The van der Waals surface area contributed by atoms with Gasteiger partial charge in [0.25, 0.3) is 0 Å². The molecule has 2 aromatic rings. The summed E-state index contributed by atoms with van der Waals surface area (Å²) in [6.45, 7) is 5.88. The largest absolute Gasteiger partial charge is 0.241 e. The van der Waals surface area contributed by atoms with Crippen molar-refractivity contribution < 1.29 is 0 Å². The molecule has 0 amide bonds. The number of rotatable bonds is 1. The average molecular weight is 200 g/mol. The Kier molecular flexibility index (Phi) is 4.48. The molecule has 0 aliphatic carbocycles. The van der Waals surface area contributed by atoms with E-state index in [-0.39, 0.29) is 0 Å². The molecule has 1 aromatic carbocycles. The zero-order valence-corrected chi connectivity index (χ0v) is 9.44. The van der Waals surface area contributed by atoms with Crippen molar-refractivity contribution in [1.82, 2.24) is 9.97 Å². The van der Waals surface area contributed by atoms with Crippen LogP contribution in [0, 0.1) is 6.92 Å². The topological polar surface area (TPSA) is 25.8 Å². The summed E-state index contributed by atoms with van der Waals surface area (Å²) < 4.78 is 0. The van der Waals surface area contributed by atoms with Crippen molar-refractivity contribution in [3.8, 4) is 11.1 Å². The highest BCUT2D eigenvalue weighted by atomic mass is 14.8. The van der Waals surface area contributed by atoms with Crippen molar-refractivity contribution in [2.45, 2.75) is 20.8 Å². The standard InChI is InChI=1S/C11H10N2.C2H6/c1-9-12-7-11(8-13-9)10-5-3-2-4-6-10;1-2/h2-8H,1H3;1-2H3. The van der Waals surface area contributed by atoms with E-state index in [2.05, 4.69) is 9.97 Å². The van der Waals surface area contributed by atoms with Gasteiger partial charge in [-0.15, -0.1) is 0 Å². The predicted molar refractivity (Wildman–Crippen MR) is 63.6 cm³/mol. The SMILES string of the molecule is CC.Cc1ncc(-c2ccccc2)cn1. The molecular weight excluding hydrogens is 184 g/mol. The number of aromatic nitrogens is 2. The van der Waals surface area contributed by atoms with Crippen molar-refractivity contribution in [3.05, 3.63) is 48.5 Å². The second-order valence-electron chi connectivity index (χ2n) is 2.88. The van der Waals surface area contributed by atoms with Crippen LogP contribution >= 0.6 is 0 Å². The molecule has 0 saturated heterocycles. The van der Waals surface area contributed by atoms with Gasteiger partial charge in [0.05, 0.1) is 0 Å². The normalized spacial score (nSPS) is 9.00. The molecular formula is C13H16N2. The van der Waals surface area contributed by atoms with Crippen LogP contribution in [0.4, 0.5) is 0 Å². The van der Waals surface area contributed by atoms with Crippen LogP contribution in [0.1, 0.15) is 19.7 Å². The second kappa shape index (κ2) is 5.91. The summed E-state index contributed by atoms with van der Waals surface area (Å²) in [5.41, 5.74) is 2.22. The summed E-state index contributed by atoms with van der Waals surface area (Å²) >= 11 is 0. The first-order valence-corrected chi connectivity index (χ1v) is 5.20. The van der Waals surface area contributed by atoms with Gasteiger partial charge in [-0.3, -0.25) is 0 Å². The lowest BCUT2D eigenvalue weighted by atomic mass is 10.1. The molecule has 0 radical (unpaired) electrons. The highest BCUT2D eigenvalue weighted by Crippen LogP contribution is 2.15. The first kappa shape index (κ1) is 11.4. The summed E-state index contributed by atoms with van der Waals surface area (Å²) in [7, 11) is 0. The molecule has 0 fully saturated rings. The predicted octanol–water partition coefficient (Wildman–Crippen LogP) is 3.48. The molecule has 2 nitrogen and oxygen atoms in total. The van der Waals surface area contributed by atoms with Crippen LogP contribution < -0.4 is 0 Å². The van der Waals surface area contributed by atoms with Crippen molar-refractivity contribution in [2.24, 2.45) is 0 Å². The molecule has 2 rings (SSSR count). The molecule has 1 heterocycles. The summed E-state index contributed by atoms with van der Waals surface area (Å²) in [6.07, 6.45) is 3.69. The molecule has 0 aliphatic heterocycles. The Balaban J connectivity index is 0.000000531. The second-order valence-corrected chi connectivity index (χ2v) is 2.88. The van der Waals surface area contributed by atoms with Crippen molar-refractivity contribution in [2.75, 3.05) is 0 Å². The fraction of sp³-hybridized carbons (Fsp3) is 0.231. The Morgan fingerprint density at radius 2 is 1.33 bits per heavy atom. The quantitative estimate of drug-likeness (QED) is 0.704. The minimum atomic E-state index is 0.805. The highest BCUT2D eigenvalue weighted by Gasteiger charge is 1.95. The molecule has 0 unspecified atom stereocenters. The van der Waals surface area contributed by atoms with Crippen LogP contribution in [0.15, 0.2) is 42.7 Å². The zero-order chi connectivity index (χ0) is 11.1. The monoisotopic (exact) mass is 200 g/mol. The smallest absolute Gasteiger partial charge is 0.125 e. The Morgan fingerprint density at radius 3 is 1.87 bits per heavy atom. The first-order chi connectivity index (χ1) is 7.36. The van der Waals surface area contributed by atoms with Crippen LogP contribution in [0.25, 0.3) is 11.1 Å². The summed E-state index contributed by atoms with van der Waals surface area (Å²) in [6, 6.07) is 10.1. The molecule has 2 heteroatoms. The molecule has 78 valence electrons. The lowest BCUT2D eigenvalue weighted by Gasteiger charge is -1.99. The minimum Gasteiger partial charge on any atom is -0.241 e. The van der Waals surface area contributed by atoms with Crippen molar-refractivity contribution in [1.29, 1.82) is 0 Å². The summed E-state index contributed by atoms with van der Waals surface area (Å²) in [4.78, 5) is 8.29. The van der Waals surface area contributed by atoms with E-state index in [1.165, 1.54) is 0 Å². The number of hydrogen-bond acceptors (Lipinski definition) is 2. The van der Waals surface area contributed by atoms with Gasteiger partial charge < -0.3 is 0 Å². The van der Waals surface area contributed by atoms with E-state index in [0.29, 0.717) is 0 Å². The molecule has 0 aliphatic rings. The summed E-state index contributed by atoms with van der Waals surface area (Å²) in [5, 5.41) is 0. The Hall–Kier alpha value is -1.70. The van der Waals surface area contributed by atoms with E-state index in [4.69, 9.17) is 0 Å². The van der Waals surface area contributed by atoms with Crippen LogP contribution in [0.2, 0.25) is 0 Å². The number of aryl methyl sites for hydroxylation is 1. The third-order valence-electron chi connectivity index (χ3n) is 1.89. The third kappa shape index (κ3) is 3.17. The lowest BCUT2D eigenvalue weighted by molar-refractivity contribution is 1.06. The van der Waals surface area contributed by atoms with Gasteiger partial charge in [-0.1, -0.05) is 44.2 Å². The van der Waals surface area contributed by atoms with Crippen LogP contribution in [-0.2, 0) is 0 Å². The Labute approximate surface area is 91.0 Å². The van der Waals surface area contributed by atoms with Crippen molar-refractivity contribution in [3.63, 3.8) is 0 Å². The van der Waals surface area contributed by atoms with E-state index in [0.717, 1.165) is 17.0 Å². The van der Waals surface area contributed by atoms with Gasteiger partial charge in [-0.2, -0.15) is 0 Å². The van der Waals surface area contributed by atoms with Crippen molar-refractivity contribution >= 4 is 0 Å². The third-order valence-corrected chi connectivity index (χ3v) is 1.89. The van der Waals surface area contributed by atoms with E-state index in [9.17, 15) is 0 Å². The van der Waals surface area contributed by atoms with Gasteiger partial charge in [0.15, 0.2) is 0 Å². The Bertz CT molecular complexity index is 379. The molecule has 0 spiro atoms.